The minimum absolute atomic E-state index is 0.244. The summed E-state index contributed by atoms with van der Waals surface area (Å²) in [6.45, 7) is 1.69. The number of benzene rings is 1. The Labute approximate surface area is 83.0 Å². The van der Waals surface area contributed by atoms with E-state index < -0.39 is 0 Å². The molecule has 0 amide bonds. The number of hydrogen-bond acceptors (Lipinski definition) is 2. The maximum absolute atomic E-state index is 13.2. The van der Waals surface area contributed by atoms with Crippen molar-refractivity contribution in [2.24, 2.45) is 0 Å². The van der Waals surface area contributed by atoms with Crippen LogP contribution in [0, 0.1) is 18.2 Å². The zero-order chi connectivity index (χ0) is 10.6. The molecule has 2 nitrogen and oxygen atoms in total. The van der Waals surface area contributed by atoms with Gasteiger partial charge in [-0.3, -0.25) is 0 Å². The molecule has 0 radical (unpaired) electrons. The van der Waals surface area contributed by atoms with Crippen molar-refractivity contribution >= 4 is 12.3 Å². The van der Waals surface area contributed by atoms with Crippen molar-refractivity contribution in [2.45, 2.75) is 6.92 Å². The lowest BCUT2D eigenvalue weighted by Gasteiger charge is -2.03. The Bertz CT molecular complexity index is 370. The molecule has 1 aromatic rings. The van der Waals surface area contributed by atoms with Crippen molar-refractivity contribution in [3.05, 3.63) is 40.8 Å². The van der Waals surface area contributed by atoms with Gasteiger partial charge in [0.15, 0.2) is 0 Å². The molecule has 1 aromatic carbocycles. The lowest BCUT2D eigenvalue weighted by Crippen LogP contribution is -1.95. The summed E-state index contributed by atoms with van der Waals surface area (Å²) in [7, 11) is 1.77. The van der Waals surface area contributed by atoms with Crippen molar-refractivity contribution in [3.63, 3.8) is 0 Å². The molecular weight excluding hydrogens is 179 g/mol. The van der Waals surface area contributed by atoms with E-state index >= 15 is 0 Å². The summed E-state index contributed by atoms with van der Waals surface area (Å²) < 4.78 is 13.2. The molecule has 14 heavy (non-hydrogen) atoms. The van der Waals surface area contributed by atoms with Crippen molar-refractivity contribution in [1.29, 1.82) is 5.41 Å². The van der Waals surface area contributed by atoms with Crippen molar-refractivity contribution in [1.82, 2.24) is 5.32 Å². The van der Waals surface area contributed by atoms with Gasteiger partial charge in [-0.15, -0.1) is 0 Å². The Morgan fingerprint density at radius 2 is 2.07 bits per heavy atom. The van der Waals surface area contributed by atoms with E-state index in [1.165, 1.54) is 12.3 Å². The van der Waals surface area contributed by atoms with Gasteiger partial charge >= 0.3 is 0 Å². The molecule has 3 heteroatoms. The van der Waals surface area contributed by atoms with Gasteiger partial charge < -0.3 is 10.7 Å². The quantitative estimate of drug-likeness (QED) is 0.708. The summed E-state index contributed by atoms with van der Waals surface area (Å²) in [5.74, 6) is -0.244. The van der Waals surface area contributed by atoms with Crippen LogP contribution in [-0.2, 0) is 0 Å². The van der Waals surface area contributed by atoms with E-state index in [1.54, 1.807) is 32.3 Å². The highest BCUT2D eigenvalue weighted by molar-refractivity contribution is 5.83. The molecule has 0 aliphatic carbocycles. The first-order valence-corrected chi connectivity index (χ1v) is 4.33. The van der Waals surface area contributed by atoms with Gasteiger partial charge in [0, 0.05) is 13.3 Å². The third kappa shape index (κ3) is 2.19. The first-order chi connectivity index (χ1) is 6.69. The van der Waals surface area contributed by atoms with E-state index in [0.717, 1.165) is 5.56 Å². The van der Waals surface area contributed by atoms with Gasteiger partial charge in [-0.25, -0.2) is 4.39 Å². The zero-order valence-electron chi connectivity index (χ0n) is 8.26. The highest BCUT2D eigenvalue weighted by atomic mass is 19.1. The molecule has 0 fully saturated rings. The smallest absolute Gasteiger partial charge is 0.126 e. The summed E-state index contributed by atoms with van der Waals surface area (Å²) in [6.07, 6.45) is 4.67. The standard InChI is InChI=1S/C11H13FN2/c1-8-5-10(7-13)9(3-4-14-2)6-11(8)12/h3-7,13-14H,1-2H3/b4-3+,13-7?. The largest absolute Gasteiger partial charge is 0.394 e. The molecule has 0 unspecified atom stereocenters. The van der Waals surface area contributed by atoms with Crippen LogP contribution < -0.4 is 5.32 Å². The van der Waals surface area contributed by atoms with Crippen LogP contribution in [0.25, 0.3) is 6.08 Å². The molecule has 0 saturated carbocycles. The second kappa shape index (κ2) is 4.56. The van der Waals surface area contributed by atoms with E-state index in [4.69, 9.17) is 5.41 Å². The highest BCUT2D eigenvalue weighted by Gasteiger charge is 2.02. The highest BCUT2D eigenvalue weighted by Crippen LogP contribution is 2.15. The molecule has 0 aliphatic heterocycles. The topological polar surface area (TPSA) is 35.9 Å². The molecule has 0 aliphatic rings. The van der Waals surface area contributed by atoms with Crippen LogP contribution in [-0.4, -0.2) is 13.3 Å². The lowest BCUT2D eigenvalue weighted by atomic mass is 10.0. The number of aryl methyl sites for hydroxylation is 1. The maximum atomic E-state index is 13.2. The van der Waals surface area contributed by atoms with E-state index in [0.29, 0.717) is 11.1 Å². The third-order valence-corrected chi connectivity index (χ3v) is 1.95. The number of hydrogen-bond donors (Lipinski definition) is 2. The van der Waals surface area contributed by atoms with E-state index in [9.17, 15) is 4.39 Å². The second-order valence-electron chi connectivity index (χ2n) is 3.00. The van der Waals surface area contributed by atoms with Crippen LogP contribution in [0.1, 0.15) is 16.7 Å². The Morgan fingerprint density at radius 1 is 1.36 bits per heavy atom. The average molecular weight is 192 g/mol. The van der Waals surface area contributed by atoms with Crippen molar-refractivity contribution < 1.29 is 4.39 Å². The minimum Gasteiger partial charge on any atom is -0.394 e. The van der Waals surface area contributed by atoms with Gasteiger partial charge in [0.2, 0.25) is 0 Å². The number of halogens is 1. The molecule has 0 heterocycles. The SMILES string of the molecule is CN/C=C/c1cc(F)c(C)cc1C=N. The van der Waals surface area contributed by atoms with Gasteiger partial charge in [-0.05, 0) is 48.0 Å². The molecule has 0 bridgehead atoms. The van der Waals surface area contributed by atoms with Crippen LogP contribution in [0.3, 0.4) is 0 Å². The Kier molecular flexibility index (Phi) is 3.40. The molecule has 0 atom stereocenters. The van der Waals surface area contributed by atoms with Gasteiger partial charge in [0.1, 0.15) is 5.82 Å². The van der Waals surface area contributed by atoms with Crippen LogP contribution in [0.4, 0.5) is 4.39 Å². The predicted octanol–water partition coefficient (Wildman–Crippen LogP) is 2.32. The van der Waals surface area contributed by atoms with Gasteiger partial charge in [0.05, 0.1) is 0 Å². The van der Waals surface area contributed by atoms with Crippen LogP contribution >= 0.6 is 0 Å². The molecule has 0 spiro atoms. The molecule has 0 aromatic heterocycles. The molecule has 0 saturated heterocycles. The zero-order valence-corrected chi connectivity index (χ0v) is 8.26. The normalized spacial score (nSPS) is 10.5. The lowest BCUT2D eigenvalue weighted by molar-refractivity contribution is 0.618. The summed E-state index contributed by atoms with van der Waals surface area (Å²) in [5, 5.41) is 10.0. The summed E-state index contributed by atoms with van der Waals surface area (Å²) >= 11 is 0. The summed E-state index contributed by atoms with van der Waals surface area (Å²) in [5.41, 5.74) is 1.98. The van der Waals surface area contributed by atoms with Crippen molar-refractivity contribution in [2.75, 3.05) is 7.05 Å². The summed E-state index contributed by atoms with van der Waals surface area (Å²) in [4.78, 5) is 0. The Hall–Kier alpha value is -1.64. The average Bonchev–Trinajstić information content (AvgIpc) is 2.19. The minimum atomic E-state index is -0.244. The monoisotopic (exact) mass is 192 g/mol. The summed E-state index contributed by atoms with van der Waals surface area (Å²) in [6, 6.07) is 3.10. The van der Waals surface area contributed by atoms with Crippen LogP contribution in [0.2, 0.25) is 0 Å². The first-order valence-electron chi connectivity index (χ1n) is 4.33. The molecule has 2 N–H and O–H groups in total. The van der Waals surface area contributed by atoms with Crippen molar-refractivity contribution in [3.8, 4) is 0 Å². The van der Waals surface area contributed by atoms with Crippen LogP contribution in [0.5, 0.6) is 0 Å². The van der Waals surface area contributed by atoms with Crippen LogP contribution in [0.15, 0.2) is 18.3 Å². The van der Waals surface area contributed by atoms with E-state index in [2.05, 4.69) is 5.32 Å². The van der Waals surface area contributed by atoms with Gasteiger partial charge in [-0.1, -0.05) is 0 Å². The maximum Gasteiger partial charge on any atom is 0.126 e. The van der Waals surface area contributed by atoms with E-state index in [1.807, 2.05) is 0 Å². The number of nitrogens with one attached hydrogen (secondary N) is 2. The molecular formula is C11H13FN2. The van der Waals surface area contributed by atoms with Gasteiger partial charge in [0.25, 0.3) is 0 Å². The predicted molar refractivity (Wildman–Crippen MR) is 57.1 cm³/mol. The first kappa shape index (κ1) is 10.4. The molecule has 1 rings (SSSR count). The Balaban J connectivity index is 3.20. The van der Waals surface area contributed by atoms with E-state index in [-0.39, 0.29) is 5.82 Å². The molecule has 74 valence electrons. The third-order valence-electron chi connectivity index (χ3n) is 1.95. The van der Waals surface area contributed by atoms with Gasteiger partial charge in [-0.2, -0.15) is 0 Å². The second-order valence-corrected chi connectivity index (χ2v) is 3.00. The fourth-order valence-corrected chi connectivity index (χ4v) is 1.16. The fraction of sp³-hybridized carbons (Fsp3) is 0.182. The number of rotatable bonds is 3. The Morgan fingerprint density at radius 3 is 2.64 bits per heavy atom. The fourth-order valence-electron chi connectivity index (χ4n) is 1.16.